The smallest absolute Gasteiger partial charge is 0.328 e. The third kappa shape index (κ3) is 2.54. The summed E-state index contributed by atoms with van der Waals surface area (Å²) in [6.45, 7) is 0.753. The van der Waals surface area contributed by atoms with Crippen LogP contribution in [0, 0.1) is 0 Å². The number of H-pyrrole nitrogens is 1. The van der Waals surface area contributed by atoms with Crippen molar-refractivity contribution >= 4 is 17.5 Å². The number of amides is 2. The maximum Gasteiger partial charge on any atom is 0.328 e. The number of hydrogen-bond acceptors (Lipinski definition) is 4. The van der Waals surface area contributed by atoms with Gasteiger partial charge >= 0.3 is 5.69 Å². The fraction of sp³-hybridized carbons (Fsp3) is 0.333. The molecule has 4 rings (SSSR count). The molecule has 26 heavy (non-hydrogen) atoms. The Hall–Kier alpha value is -3.16. The summed E-state index contributed by atoms with van der Waals surface area (Å²) in [5.41, 5.74) is 0.154. The van der Waals surface area contributed by atoms with E-state index in [1.165, 1.54) is 16.8 Å². The van der Waals surface area contributed by atoms with Crippen molar-refractivity contribution in [1.29, 1.82) is 0 Å². The Morgan fingerprint density at radius 2 is 1.81 bits per heavy atom. The summed E-state index contributed by atoms with van der Waals surface area (Å²) in [4.78, 5) is 51.7. The lowest BCUT2D eigenvalue weighted by atomic mass is 9.73. The molecule has 0 atom stereocenters. The summed E-state index contributed by atoms with van der Waals surface area (Å²) in [7, 11) is 0. The molecular weight excluding hydrogens is 336 g/mol. The first-order valence-electron chi connectivity index (χ1n) is 8.48. The standard InChI is InChI=1S/C18H18N4O4/c23-14-5-8-22(17(26)20-14)11-15(24)21-9-6-18(7-10-21)12-3-1-2-4-13(12)19-16(18)25/h1-5,8H,6-7,9-11H2,(H,19,25)(H,20,23,26). The molecule has 2 aliphatic rings. The number of rotatable bonds is 2. The van der Waals surface area contributed by atoms with Crippen molar-refractivity contribution in [2.24, 2.45) is 0 Å². The minimum atomic E-state index is -0.608. The van der Waals surface area contributed by atoms with E-state index in [1.807, 2.05) is 24.3 Å². The van der Waals surface area contributed by atoms with E-state index in [9.17, 15) is 19.2 Å². The third-order valence-electron chi connectivity index (χ3n) is 5.30. The first-order valence-corrected chi connectivity index (χ1v) is 8.48. The molecule has 0 aliphatic carbocycles. The van der Waals surface area contributed by atoms with E-state index in [2.05, 4.69) is 10.3 Å². The Morgan fingerprint density at radius 1 is 1.08 bits per heavy atom. The van der Waals surface area contributed by atoms with Gasteiger partial charge in [0.25, 0.3) is 5.56 Å². The van der Waals surface area contributed by atoms with E-state index in [1.54, 1.807) is 4.90 Å². The highest BCUT2D eigenvalue weighted by Crippen LogP contribution is 2.44. The molecule has 2 aromatic rings. The quantitative estimate of drug-likeness (QED) is 0.795. The van der Waals surface area contributed by atoms with Gasteiger partial charge in [0.15, 0.2) is 0 Å². The van der Waals surface area contributed by atoms with Crippen LogP contribution in [-0.4, -0.2) is 39.4 Å². The van der Waals surface area contributed by atoms with Crippen LogP contribution in [0.25, 0.3) is 0 Å². The SMILES string of the molecule is O=C(Cn1ccc(=O)[nH]c1=O)N1CCC2(CC1)C(=O)Nc1ccccc12. The van der Waals surface area contributed by atoms with Gasteiger partial charge in [-0.1, -0.05) is 18.2 Å². The fourth-order valence-corrected chi connectivity index (χ4v) is 3.82. The minimum Gasteiger partial charge on any atom is -0.341 e. The second-order valence-corrected chi connectivity index (χ2v) is 6.70. The number of carbonyl (C=O) groups excluding carboxylic acids is 2. The largest absolute Gasteiger partial charge is 0.341 e. The zero-order valence-electron chi connectivity index (χ0n) is 14.0. The number of carbonyl (C=O) groups is 2. The molecule has 3 heterocycles. The van der Waals surface area contributed by atoms with Crippen LogP contribution in [0.2, 0.25) is 0 Å². The van der Waals surface area contributed by atoms with Crippen molar-refractivity contribution in [2.45, 2.75) is 24.8 Å². The molecule has 1 aromatic carbocycles. The second kappa shape index (κ2) is 5.98. The number of nitrogens with one attached hydrogen (secondary N) is 2. The first-order chi connectivity index (χ1) is 12.5. The zero-order chi connectivity index (χ0) is 18.3. The normalized spacial score (nSPS) is 17.8. The number of fused-ring (bicyclic) bond motifs is 2. The summed E-state index contributed by atoms with van der Waals surface area (Å²) < 4.78 is 1.17. The fourth-order valence-electron chi connectivity index (χ4n) is 3.82. The maximum atomic E-state index is 12.6. The van der Waals surface area contributed by atoms with Gasteiger partial charge in [-0.05, 0) is 24.5 Å². The second-order valence-electron chi connectivity index (χ2n) is 6.70. The van der Waals surface area contributed by atoms with E-state index in [0.29, 0.717) is 25.9 Å². The molecule has 0 saturated carbocycles. The molecule has 2 N–H and O–H groups in total. The van der Waals surface area contributed by atoms with Gasteiger partial charge in [0.2, 0.25) is 11.8 Å². The molecule has 8 heteroatoms. The van der Waals surface area contributed by atoms with Gasteiger partial charge in [-0.3, -0.25) is 23.9 Å². The van der Waals surface area contributed by atoms with Gasteiger partial charge in [0.1, 0.15) is 6.54 Å². The van der Waals surface area contributed by atoms with Crippen molar-refractivity contribution in [3.63, 3.8) is 0 Å². The van der Waals surface area contributed by atoms with Crippen molar-refractivity contribution in [1.82, 2.24) is 14.5 Å². The molecule has 2 aliphatic heterocycles. The topological polar surface area (TPSA) is 104 Å². The van der Waals surface area contributed by atoms with Crippen molar-refractivity contribution in [2.75, 3.05) is 18.4 Å². The Morgan fingerprint density at radius 3 is 2.54 bits per heavy atom. The third-order valence-corrected chi connectivity index (χ3v) is 5.30. The molecular formula is C18H18N4O4. The van der Waals surface area contributed by atoms with Gasteiger partial charge in [-0.25, -0.2) is 4.79 Å². The highest BCUT2D eigenvalue weighted by molar-refractivity contribution is 6.06. The predicted octanol–water partition coefficient (Wildman–Crippen LogP) is 0.0491. The molecule has 1 fully saturated rings. The van der Waals surface area contributed by atoms with E-state index in [4.69, 9.17) is 0 Å². The molecule has 0 radical (unpaired) electrons. The van der Waals surface area contributed by atoms with E-state index in [-0.39, 0.29) is 18.4 Å². The number of nitrogens with zero attached hydrogens (tertiary/aromatic N) is 2. The first kappa shape index (κ1) is 16.3. The lowest BCUT2D eigenvalue weighted by Gasteiger charge is -2.38. The van der Waals surface area contributed by atoms with Crippen LogP contribution in [0.15, 0.2) is 46.1 Å². The summed E-state index contributed by atoms with van der Waals surface area (Å²) in [5.74, 6) is -0.219. The number of likely N-dealkylation sites (tertiary alicyclic amines) is 1. The number of hydrogen-bond donors (Lipinski definition) is 2. The van der Waals surface area contributed by atoms with E-state index in [0.717, 1.165) is 11.3 Å². The maximum absolute atomic E-state index is 12.6. The average molecular weight is 354 g/mol. The Labute approximate surface area is 148 Å². The molecule has 1 aromatic heterocycles. The van der Waals surface area contributed by atoms with Crippen LogP contribution in [-0.2, 0) is 21.5 Å². The van der Waals surface area contributed by atoms with Gasteiger partial charge in [0, 0.05) is 31.0 Å². The molecule has 0 unspecified atom stereocenters. The molecule has 8 nitrogen and oxygen atoms in total. The zero-order valence-corrected chi connectivity index (χ0v) is 14.0. The average Bonchev–Trinajstić information content (AvgIpc) is 2.90. The van der Waals surface area contributed by atoms with Gasteiger partial charge < -0.3 is 10.2 Å². The van der Waals surface area contributed by atoms with Crippen LogP contribution < -0.4 is 16.6 Å². The Balaban J connectivity index is 1.48. The molecule has 0 bridgehead atoms. The highest BCUT2D eigenvalue weighted by Gasteiger charge is 2.48. The summed E-state index contributed by atoms with van der Waals surface area (Å²) in [5, 5.41) is 2.93. The van der Waals surface area contributed by atoms with Crippen LogP contribution in [0.1, 0.15) is 18.4 Å². The molecule has 1 saturated heterocycles. The van der Waals surface area contributed by atoms with Crippen LogP contribution in [0.4, 0.5) is 5.69 Å². The van der Waals surface area contributed by atoms with E-state index < -0.39 is 16.7 Å². The summed E-state index contributed by atoms with van der Waals surface area (Å²) >= 11 is 0. The summed E-state index contributed by atoms with van der Waals surface area (Å²) in [6.07, 6.45) is 2.40. The molecule has 1 spiro atoms. The van der Waals surface area contributed by atoms with Crippen LogP contribution >= 0.6 is 0 Å². The van der Waals surface area contributed by atoms with Crippen molar-refractivity contribution in [3.05, 3.63) is 62.9 Å². The lowest BCUT2D eigenvalue weighted by molar-refractivity contribution is -0.135. The van der Waals surface area contributed by atoms with Gasteiger partial charge in [-0.15, -0.1) is 0 Å². The molecule has 134 valence electrons. The van der Waals surface area contributed by atoms with Crippen molar-refractivity contribution in [3.8, 4) is 0 Å². The highest BCUT2D eigenvalue weighted by atomic mass is 16.2. The number of anilines is 1. The number of aromatic amines is 1. The number of benzene rings is 1. The van der Waals surface area contributed by atoms with Gasteiger partial charge in [-0.2, -0.15) is 0 Å². The number of piperidine rings is 1. The predicted molar refractivity (Wildman–Crippen MR) is 93.9 cm³/mol. The minimum absolute atomic E-state index is 0.0114. The van der Waals surface area contributed by atoms with E-state index >= 15 is 0 Å². The Bertz CT molecular complexity index is 998. The summed E-state index contributed by atoms with van der Waals surface area (Å²) in [6, 6.07) is 8.87. The lowest BCUT2D eigenvalue weighted by Crippen LogP contribution is -2.49. The van der Waals surface area contributed by atoms with Gasteiger partial charge in [0.05, 0.1) is 5.41 Å². The Kier molecular flexibility index (Phi) is 3.75. The van der Waals surface area contributed by atoms with Crippen molar-refractivity contribution < 1.29 is 9.59 Å². The monoisotopic (exact) mass is 354 g/mol. The number of aromatic nitrogens is 2. The molecule has 2 amide bonds. The number of para-hydroxylation sites is 1. The van der Waals surface area contributed by atoms with Crippen LogP contribution in [0.3, 0.4) is 0 Å². The van der Waals surface area contributed by atoms with Crippen LogP contribution in [0.5, 0.6) is 0 Å².